The first kappa shape index (κ1) is 11.0. The summed E-state index contributed by atoms with van der Waals surface area (Å²) in [7, 11) is 0. The summed E-state index contributed by atoms with van der Waals surface area (Å²) < 4.78 is 5.97. The SMILES string of the molecule is NCC1CC(Oc2ncnc3c2CCCC3)C1. The molecule has 1 heterocycles. The van der Waals surface area contributed by atoms with Gasteiger partial charge in [0, 0.05) is 5.56 Å². The molecule has 3 rings (SSSR count). The zero-order valence-electron chi connectivity index (χ0n) is 10.1. The van der Waals surface area contributed by atoms with Crippen LogP contribution in [0.25, 0.3) is 0 Å². The second kappa shape index (κ2) is 4.61. The van der Waals surface area contributed by atoms with Crippen LogP contribution in [0.15, 0.2) is 6.33 Å². The molecule has 4 nitrogen and oxygen atoms in total. The van der Waals surface area contributed by atoms with Crippen LogP contribution in [0.2, 0.25) is 0 Å². The van der Waals surface area contributed by atoms with Crippen LogP contribution in [0.1, 0.15) is 36.9 Å². The van der Waals surface area contributed by atoms with E-state index in [1.165, 1.54) is 24.1 Å². The van der Waals surface area contributed by atoms with Gasteiger partial charge in [0.05, 0.1) is 5.69 Å². The van der Waals surface area contributed by atoms with E-state index in [2.05, 4.69) is 9.97 Å². The second-order valence-corrected chi connectivity index (χ2v) is 5.12. The highest BCUT2D eigenvalue weighted by atomic mass is 16.5. The lowest BCUT2D eigenvalue weighted by molar-refractivity contribution is 0.0634. The second-order valence-electron chi connectivity index (χ2n) is 5.12. The number of rotatable bonds is 3. The average Bonchev–Trinajstić information content (AvgIpc) is 2.33. The Morgan fingerprint density at radius 3 is 2.88 bits per heavy atom. The molecule has 1 saturated carbocycles. The number of nitrogens with two attached hydrogens (primary N) is 1. The smallest absolute Gasteiger partial charge is 0.220 e. The molecule has 92 valence electrons. The largest absolute Gasteiger partial charge is 0.474 e. The van der Waals surface area contributed by atoms with Gasteiger partial charge in [-0.15, -0.1) is 0 Å². The van der Waals surface area contributed by atoms with Gasteiger partial charge in [-0.1, -0.05) is 0 Å². The Labute approximate surface area is 102 Å². The van der Waals surface area contributed by atoms with Crippen molar-refractivity contribution in [1.82, 2.24) is 9.97 Å². The van der Waals surface area contributed by atoms with E-state index in [1.54, 1.807) is 6.33 Å². The van der Waals surface area contributed by atoms with Crippen LogP contribution in [0.4, 0.5) is 0 Å². The maximum absolute atomic E-state index is 5.97. The fourth-order valence-electron chi connectivity index (χ4n) is 2.71. The lowest BCUT2D eigenvalue weighted by Gasteiger charge is -2.34. The molecular formula is C13H19N3O. The Bertz CT molecular complexity index is 402. The standard InChI is InChI=1S/C13H19N3O/c14-7-9-5-10(6-9)17-13-11-3-1-2-4-12(11)15-8-16-13/h8-10H,1-7,14H2. The number of aromatic nitrogens is 2. The van der Waals surface area contributed by atoms with Crippen LogP contribution in [0.3, 0.4) is 0 Å². The predicted molar refractivity (Wildman–Crippen MR) is 64.9 cm³/mol. The summed E-state index contributed by atoms with van der Waals surface area (Å²) in [6.07, 6.45) is 8.73. The van der Waals surface area contributed by atoms with Crippen molar-refractivity contribution < 1.29 is 4.74 Å². The van der Waals surface area contributed by atoms with Crippen LogP contribution in [0.5, 0.6) is 5.88 Å². The Morgan fingerprint density at radius 2 is 2.06 bits per heavy atom. The summed E-state index contributed by atoms with van der Waals surface area (Å²) in [6.45, 7) is 0.780. The molecule has 2 aliphatic carbocycles. The van der Waals surface area contributed by atoms with Gasteiger partial charge in [0.1, 0.15) is 12.4 Å². The minimum Gasteiger partial charge on any atom is -0.474 e. The highest BCUT2D eigenvalue weighted by Gasteiger charge is 2.31. The van der Waals surface area contributed by atoms with Gasteiger partial charge < -0.3 is 10.5 Å². The van der Waals surface area contributed by atoms with Crippen LogP contribution in [-0.4, -0.2) is 22.6 Å². The molecule has 0 spiro atoms. The minimum atomic E-state index is 0.324. The van der Waals surface area contributed by atoms with Gasteiger partial charge in [0.2, 0.25) is 5.88 Å². The molecule has 1 aromatic rings. The molecule has 0 atom stereocenters. The third-order valence-corrected chi connectivity index (χ3v) is 3.89. The van der Waals surface area contributed by atoms with E-state index >= 15 is 0 Å². The summed E-state index contributed by atoms with van der Waals surface area (Å²) in [5.41, 5.74) is 8.06. The number of aryl methyl sites for hydroxylation is 1. The van der Waals surface area contributed by atoms with Crippen molar-refractivity contribution in [2.75, 3.05) is 6.54 Å². The first-order chi connectivity index (χ1) is 8.36. The third kappa shape index (κ3) is 2.14. The molecular weight excluding hydrogens is 214 g/mol. The summed E-state index contributed by atoms with van der Waals surface area (Å²) in [5.74, 6) is 1.48. The Kier molecular flexibility index (Phi) is 2.97. The lowest BCUT2D eigenvalue weighted by atomic mass is 9.82. The van der Waals surface area contributed by atoms with Crippen molar-refractivity contribution in [3.8, 4) is 5.88 Å². The van der Waals surface area contributed by atoms with Gasteiger partial charge in [0.25, 0.3) is 0 Å². The molecule has 0 saturated heterocycles. The van der Waals surface area contributed by atoms with Crippen molar-refractivity contribution in [2.24, 2.45) is 11.7 Å². The van der Waals surface area contributed by atoms with Crippen LogP contribution in [-0.2, 0) is 12.8 Å². The number of fused-ring (bicyclic) bond motifs is 1. The Hall–Kier alpha value is -1.16. The summed E-state index contributed by atoms with van der Waals surface area (Å²) in [5, 5.41) is 0. The van der Waals surface area contributed by atoms with Gasteiger partial charge in [-0.05, 0) is 51.0 Å². The van der Waals surface area contributed by atoms with Gasteiger partial charge in [-0.3, -0.25) is 0 Å². The molecule has 2 aliphatic rings. The Morgan fingerprint density at radius 1 is 1.24 bits per heavy atom. The Balaban J connectivity index is 1.71. The molecule has 2 N–H and O–H groups in total. The average molecular weight is 233 g/mol. The molecule has 1 fully saturated rings. The van der Waals surface area contributed by atoms with Gasteiger partial charge >= 0.3 is 0 Å². The molecule has 0 aliphatic heterocycles. The molecule has 0 unspecified atom stereocenters. The number of nitrogens with zero attached hydrogens (tertiary/aromatic N) is 2. The van der Waals surface area contributed by atoms with Crippen molar-refractivity contribution in [3.63, 3.8) is 0 Å². The fraction of sp³-hybridized carbons (Fsp3) is 0.692. The maximum Gasteiger partial charge on any atom is 0.220 e. The van der Waals surface area contributed by atoms with Crippen molar-refractivity contribution >= 4 is 0 Å². The number of hydrogen-bond donors (Lipinski definition) is 1. The first-order valence-corrected chi connectivity index (χ1v) is 6.56. The third-order valence-electron chi connectivity index (χ3n) is 3.89. The van der Waals surface area contributed by atoms with Crippen LogP contribution < -0.4 is 10.5 Å². The monoisotopic (exact) mass is 233 g/mol. The van der Waals surface area contributed by atoms with E-state index in [-0.39, 0.29) is 0 Å². The van der Waals surface area contributed by atoms with Gasteiger partial charge in [-0.2, -0.15) is 0 Å². The lowest BCUT2D eigenvalue weighted by Crippen LogP contribution is -2.38. The van der Waals surface area contributed by atoms with E-state index < -0.39 is 0 Å². The van der Waals surface area contributed by atoms with E-state index in [4.69, 9.17) is 10.5 Å². The predicted octanol–water partition coefficient (Wildman–Crippen LogP) is 1.47. The molecule has 0 aromatic carbocycles. The molecule has 0 radical (unpaired) electrons. The topological polar surface area (TPSA) is 61.0 Å². The normalized spacial score (nSPS) is 27.1. The summed E-state index contributed by atoms with van der Waals surface area (Å²) in [4.78, 5) is 8.65. The maximum atomic E-state index is 5.97. The fourth-order valence-corrected chi connectivity index (χ4v) is 2.71. The van der Waals surface area contributed by atoms with E-state index in [1.807, 2.05) is 0 Å². The molecule has 17 heavy (non-hydrogen) atoms. The van der Waals surface area contributed by atoms with Gasteiger partial charge in [0.15, 0.2) is 0 Å². The van der Waals surface area contributed by atoms with Crippen molar-refractivity contribution in [2.45, 2.75) is 44.6 Å². The minimum absolute atomic E-state index is 0.324. The van der Waals surface area contributed by atoms with Gasteiger partial charge in [-0.25, -0.2) is 9.97 Å². The number of hydrogen-bond acceptors (Lipinski definition) is 4. The summed E-state index contributed by atoms with van der Waals surface area (Å²) in [6, 6.07) is 0. The highest BCUT2D eigenvalue weighted by molar-refractivity contribution is 5.31. The van der Waals surface area contributed by atoms with E-state index in [0.29, 0.717) is 12.0 Å². The van der Waals surface area contributed by atoms with Crippen molar-refractivity contribution in [1.29, 1.82) is 0 Å². The zero-order chi connectivity index (χ0) is 11.7. The van der Waals surface area contributed by atoms with E-state index in [9.17, 15) is 0 Å². The van der Waals surface area contributed by atoms with Crippen molar-refractivity contribution in [3.05, 3.63) is 17.6 Å². The zero-order valence-corrected chi connectivity index (χ0v) is 10.1. The molecule has 1 aromatic heterocycles. The number of ether oxygens (including phenoxy) is 1. The first-order valence-electron chi connectivity index (χ1n) is 6.56. The summed E-state index contributed by atoms with van der Waals surface area (Å²) >= 11 is 0. The van der Waals surface area contributed by atoms with Crippen LogP contribution >= 0.6 is 0 Å². The van der Waals surface area contributed by atoms with Crippen LogP contribution in [0, 0.1) is 5.92 Å². The highest BCUT2D eigenvalue weighted by Crippen LogP contribution is 2.33. The molecule has 4 heteroatoms. The molecule has 0 bridgehead atoms. The molecule has 0 amide bonds. The quantitative estimate of drug-likeness (QED) is 0.858. The van der Waals surface area contributed by atoms with E-state index in [0.717, 1.165) is 38.1 Å².